The summed E-state index contributed by atoms with van der Waals surface area (Å²) in [5, 5.41) is 9.41. The summed E-state index contributed by atoms with van der Waals surface area (Å²) in [4.78, 5) is 0. The quantitative estimate of drug-likeness (QED) is 0.858. The molecule has 3 nitrogen and oxygen atoms in total. The zero-order valence-corrected chi connectivity index (χ0v) is 11.1. The molecule has 1 aliphatic heterocycles. The van der Waals surface area contributed by atoms with Crippen LogP contribution in [-0.2, 0) is 0 Å². The number of nitrogens with zero attached hydrogens (tertiary/aromatic N) is 1. The van der Waals surface area contributed by atoms with Gasteiger partial charge in [0.2, 0.25) is 5.88 Å². The van der Waals surface area contributed by atoms with Crippen LogP contribution in [0.1, 0.15) is 22.6 Å². The molecule has 20 heavy (non-hydrogen) atoms. The maximum absolute atomic E-state index is 9.41. The number of fused-ring (bicyclic) bond motifs is 1. The van der Waals surface area contributed by atoms with Crippen molar-refractivity contribution >= 4 is 0 Å². The van der Waals surface area contributed by atoms with Crippen LogP contribution in [-0.4, -0.2) is 0 Å². The number of nitriles is 1. The van der Waals surface area contributed by atoms with Crippen LogP contribution in [0.25, 0.3) is 0 Å². The molecule has 2 N–H and O–H groups in total. The molecule has 3 rings (SSSR count). The maximum Gasteiger partial charge on any atom is 0.205 e. The van der Waals surface area contributed by atoms with Gasteiger partial charge in [-0.1, -0.05) is 48.0 Å². The molecule has 0 amide bonds. The maximum atomic E-state index is 9.41. The van der Waals surface area contributed by atoms with Crippen molar-refractivity contribution in [3.8, 4) is 11.8 Å². The van der Waals surface area contributed by atoms with Gasteiger partial charge in [0.15, 0.2) is 0 Å². The van der Waals surface area contributed by atoms with E-state index >= 15 is 0 Å². The van der Waals surface area contributed by atoms with Gasteiger partial charge < -0.3 is 10.5 Å². The number of rotatable bonds is 1. The van der Waals surface area contributed by atoms with Crippen LogP contribution in [0.2, 0.25) is 0 Å². The van der Waals surface area contributed by atoms with Gasteiger partial charge in [-0.2, -0.15) is 5.26 Å². The molecule has 0 radical (unpaired) electrons. The number of para-hydroxylation sites is 1. The zero-order valence-electron chi connectivity index (χ0n) is 11.1. The molecular weight excluding hydrogens is 248 g/mol. The highest BCUT2D eigenvalue weighted by molar-refractivity contribution is 5.55. The first kappa shape index (κ1) is 12.3. The lowest BCUT2D eigenvalue weighted by molar-refractivity contribution is 0.393. The Morgan fingerprint density at radius 1 is 1.10 bits per heavy atom. The molecule has 0 aromatic heterocycles. The predicted octanol–water partition coefficient (Wildman–Crippen LogP) is 3.21. The molecule has 1 aliphatic rings. The fourth-order valence-electron chi connectivity index (χ4n) is 2.51. The minimum Gasteiger partial charge on any atom is -0.440 e. The molecule has 1 atom stereocenters. The molecule has 0 aliphatic carbocycles. The minimum absolute atomic E-state index is 0.162. The first-order valence-corrected chi connectivity index (χ1v) is 6.44. The van der Waals surface area contributed by atoms with Crippen LogP contribution in [0.15, 0.2) is 60.0 Å². The SMILES string of the molecule is Cc1ccc(C2C(C#N)=C(N)Oc3ccccc32)cc1. The average molecular weight is 262 g/mol. The number of hydrogen-bond acceptors (Lipinski definition) is 3. The summed E-state index contributed by atoms with van der Waals surface area (Å²) in [6.45, 7) is 2.04. The van der Waals surface area contributed by atoms with Crippen molar-refractivity contribution in [2.75, 3.05) is 0 Å². The molecule has 0 fully saturated rings. The Morgan fingerprint density at radius 2 is 1.80 bits per heavy atom. The van der Waals surface area contributed by atoms with Crippen LogP contribution >= 0.6 is 0 Å². The Labute approximate surface area is 117 Å². The summed E-state index contributed by atoms with van der Waals surface area (Å²) in [6.07, 6.45) is 0. The second-order valence-electron chi connectivity index (χ2n) is 4.87. The van der Waals surface area contributed by atoms with E-state index in [-0.39, 0.29) is 11.8 Å². The summed E-state index contributed by atoms with van der Waals surface area (Å²) in [5.74, 6) is 0.747. The molecule has 0 bridgehead atoms. The molecule has 0 spiro atoms. The summed E-state index contributed by atoms with van der Waals surface area (Å²) >= 11 is 0. The van der Waals surface area contributed by atoms with Gasteiger partial charge in [0, 0.05) is 5.56 Å². The van der Waals surface area contributed by atoms with Crippen LogP contribution in [0.5, 0.6) is 5.75 Å². The Kier molecular flexibility index (Phi) is 2.92. The van der Waals surface area contributed by atoms with E-state index in [1.807, 2.05) is 55.5 Å². The smallest absolute Gasteiger partial charge is 0.205 e. The summed E-state index contributed by atoms with van der Waals surface area (Å²) in [6, 6.07) is 18.0. The Hall–Kier alpha value is -2.73. The first-order valence-electron chi connectivity index (χ1n) is 6.44. The molecule has 0 saturated heterocycles. The predicted molar refractivity (Wildman–Crippen MR) is 76.9 cm³/mol. The minimum atomic E-state index is -0.162. The summed E-state index contributed by atoms with van der Waals surface area (Å²) in [7, 11) is 0. The van der Waals surface area contributed by atoms with Crippen LogP contribution in [0, 0.1) is 18.3 Å². The fourth-order valence-corrected chi connectivity index (χ4v) is 2.51. The van der Waals surface area contributed by atoms with Crippen molar-refractivity contribution in [2.24, 2.45) is 5.73 Å². The van der Waals surface area contributed by atoms with Crippen LogP contribution in [0.4, 0.5) is 0 Å². The van der Waals surface area contributed by atoms with E-state index in [1.54, 1.807) is 0 Å². The first-order chi connectivity index (χ1) is 9.70. The topological polar surface area (TPSA) is 59.0 Å². The Morgan fingerprint density at radius 3 is 2.50 bits per heavy atom. The second kappa shape index (κ2) is 4.75. The monoisotopic (exact) mass is 262 g/mol. The zero-order chi connectivity index (χ0) is 14.1. The van der Waals surface area contributed by atoms with Crippen molar-refractivity contribution in [2.45, 2.75) is 12.8 Å². The highest BCUT2D eigenvalue weighted by Gasteiger charge is 2.29. The molecular formula is C17H14N2O. The van der Waals surface area contributed by atoms with Gasteiger partial charge in [0.25, 0.3) is 0 Å². The number of ether oxygens (including phenoxy) is 1. The van der Waals surface area contributed by atoms with Gasteiger partial charge in [-0.05, 0) is 18.6 Å². The molecule has 1 unspecified atom stereocenters. The molecule has 0 saturated carbocycles. The highest BCUT2D eigenvalue weighted by Crippen LogP contribution is 2.41. The third-order valence-electron chi connectivity index (χ3n) is 3.54. The fraction of sp³-hybridized carbons (Fsp3) is 0.118. The summed E-state index contributed by atoms with van der Waals surface area (Å²) < 4.78 is 5.55. The van der Waals surface area contributed by atoms with E-state index in [2.05, 4.69) is 6.07 Å². The Balaban J connectivity index is 2.20. The van der Waals surface area contributed by atoms with Crippen molar-refractivity contribution in [1.82, 2.24) is 0 Å². The lowest BCUT2D eigenvalue weighted by Crippen LogP contribution is -2.20. The molecule has 1 heterocycles. The number of aryl methyl sites for hydroxylation is 1. The molecule has 98 valence electrons. The van der Waals surface area contributed by atoms with Crippen LogP contribution in [0.3, 0.4) is 0 Å². The largest absolute Gasteiger partial charge is 0.440 e. The number of benzene rings is 2. The number of allylic oxidation sites excluding steroid dienone is 1. The van der Waals surface area contributed by atoms with Gasteiger partial charge >= 0.3 is 0 Å². The van der Waals surface area contributed by atoms with Crippen LogP contribution < -0.4 is 10.5 Å². The van der Waals surface area contributed by atoms with E-state index in [0.29, 0.717) is 5.57 Å². The van der Waals surface area contributed by atoms with Gasteiger partial charge in [-0.15, -0.1) is 0 Å². The standard InChI is InChI=1S/C17H14N2O/c1-11-6-8-12(9-7-11)16-13-4-2-3-5-15(13)20-17(19)14(16)10-18/h2-9,16H,19H2,1H3. The number of hydrogen-bond donors (Lipinski definition) is 1. The van der Waals surface area contributed by atoms with E-state index in [4.69, 9.17) is 10.5 Å². The van der Waals surface area contributed by atoms with E-state index < -0.39 is 0 Å². The van der Waals surface area contributed by atoms with Crippen molar-refractivity contribution in [1.29, 1.82) is 5.26 Å². The third-order valence-corrected chi connectivity index (χ3v) is 3.54. The molecule has 2 aromatic rings. The molecule has 2 aromatic carbocycles. The van der Waals surface area contributed by atoms with Crippen molar-refractivity contribution in [3.63, 3.8) is 0 Å². The van der Waals surface area contributed by atoms with Gasteiger partial charge in [0.1, 0.15) is 17.4 Å². The van der Waals surface area contributed by atoms with Gasteiger partial charge in [-0.25, -0.2) is 0 Å². The third kappa shape index (κ3) is 1.92. The van der Waals surface area contributed by atoms with Gasteiger partial charge in [0.05, 0.1) is 5.92 Å². The average Bonchev–Trinajstić information content (AvgIpc) is 2.47. The lowest BCUT2D eigenvalue weighted by atomic mass is 9.83. The van der Waals surface area contributed by atoms with E-state index in [0.717, 1.165) is 16.9 Å². The number of nitrogens with two attached hydrogens (primary N) is 1. The second-order valence-corrected chi connectivity index (χ2v) is 4.87. The highest BCUT2D eigenvalue weighted by atomic mass is 16.5. The lowest BCUT2D eigenvalue weighted by Gasteiger charge is -2.26. The van der Waals surface area contributed by atoms with E-state index in [1.165, 1.54) is 5.56 Å². The Bertz CT molecular complexity index is 723. The van der Waals surface area contributed by atoms with Crippen molar-refractivity contribution in [3.05, 3.63) is 76.7 Å². The van der Waals surface area contributed by atoms with Gasteiger partial charge in [-0.3, -0.25) is 0 Å². The molecule has 3 heteroatoms. The normalized spacial score (nSPS) is 17.1. The summed E-state index contributed by atoms with van der Waals surface area (Å²) in [5.41, 5.74) is 9.57. The van der Waals surface area contributed by atoms with Crippen molar-refractivity contribution < 1.29 is 4.74 Å². The van der Waals surface area contributed by atoms with E-state index in [9.17, 15) is 5.26 Å².